The van der Waals surface area contributed by atoms with Crippen molar-refractivity contribution in [3.63, 3.8) is 0 Å². The molecule has 0 atom stereocenters. The third-order valence-electron chi connectivity index (χ3n) is 4.25. The van der Waals surface area contributed by atoms with Crippen LogP contribution in [0.15, 0.2) is 4.99 Å². The van der Waals surface area contributed by atoms with Gasteiger partial charge in [0.15, 0.2) is 11.8 Å². The number of fused-ring (bicyclic) bond motifs is 1. The van der Waals surface area contributed by atoms with Crippen LogP contribution < -0.4 is 10.6 Å². The van der Waals surface area contributed by atoms with Gasteiger partial charge in [-0.25, -0.2) is 0 Å². The molecule has 1 aliphatic heterocycles. The van der Waals surface area contributed by atoms with Crippen LogP contribution >= 0.6 is 0 Å². The number of aromatic nitrogens is 3. The van der Waals surface area contributed by atoms with Gasteiger partial charge in [-0.1, -0.05) is 0 Å². The smallest absolute Gasteiger partial charge is 0.191 e. The molecular weight excluding hydrogens is 306 g/mol. The summed E-state index contributed by atoms with van der Waals surface area (Å²) in [7, 11) is 5.65. The number of nitrogens with zero attached hydrogens (tertiary/aromatic N) is 5. The van der Waals surface area contributed by atoms with E-state index in [0.29, 0.717) is 6.54 Å². The molecule has 136 valence electrons. The zero-order chi connectivity index (χ0) is 17.2. The van der Waals surface area contributed by atoms with Crippen molar-refractivity contribution in [1.29, 1.82) is 0 Å². The molecule has 24 heavy (non-hydrogen) atoms. The van der Waals surface area contributed by atoms with Gasteiger partial charge in [0.05, 0.1) is 6.54 Å². The van der Waals surface area contributed by atoms with Crippen molar-refractivity contribution in [2.24, 2.45) is 4.99 Å². The second-order valence-electron chi connectivity index (χ2n) is 6.14. The highest BCUT2D eigenvalue weighted by Crippen LogP contribution is 2.13. The summed E-state index contributed by atoms with van der Waals surface area (Å²) in [5, 5.41) is 15.2. The molecule has 0 spiro atoms. The van der Waals surface area contributed by atoms with E-state index in [1.54, 1.807) is 14.2 Å². The van der Waals surface area contributed by atoms with Crippen LogP contribution in [0.4, 0.5) is 0 Å². The first-order valence-electron chi connectivity index (χ1n) is 8.77. The van der Waals surface area contributed by atoms with Crippen LogP contribution in [-0.4, -0.2) is 73.1 Å². The van der Waals surface area contributed by atoms with E-state index >= 15 is 0 Å². The van der Waals surface area contributed by atoms with Crippen LogP contribution in [0.1, 0.15) is 30.9 Å². The van der Waals surface area contributed by atoms with Crippen molar-refractivity contribution in [1.82, 2.24) is 30.3 Å². The third kappa shape index (κ3) is 5.76. The maximum absolute atomic E-state index is 5.07. The van der Waals surface area contributed by atoms with Gasteiger partial charge in [-0.3, -0.25) is 4.99 Å². The fourth-order valence-corrected chi connectivity index (χ4v) is 2.84. The number of guanidine groups is 1. The molecular formula is C16H31N7O. The van der Waals surface area contributed by atoms with E-state index in [4.69, 9.17) is 4.74 Å². The normalized spacial score (nSPS) is 14.8. The van der Waals surface area contributed by atoms with E-state index in [2.05, 4.69) is 42.3 Å². The Morgan fingerprint density at radius 2 is 2.17 bits per heavy atom. The topological polar surface area (TPSA) is 79.6 Å². The highest BCUT2D eigenvalue weighted by Gasteiger charge is 2.15. The van der Waals surface area contributed by atoms with Gasteiger partial charge in [-0.05, 0) is 26.3 Å². The Bertz CT molecular complexity index is 515. The highest BCUT2D eigenvalue weighted by molar-refractivity contribution is 5.79. The van der Waals surface area contributed by atoms with Crippen LogP contribution in [0.2, 0.25) is 0 Å². The van der Waals surface area contributed by atoms with Crippen molar-refractivity contribution in [2.75, 3.05) is 47.4 Å². The fraction of sp³-hybridized carbons (Fsp3) is 0.812. The highest BCUT2D eigenvalue weighted by atomic mass is 16.5. The standard InChI is InChI=1S/C16H31N7O/c1-17-16(18-8-11-22(2)9-6-12-24-3)19-13-15-21-20-14-7-4-5-10-23(14)15/h4-13H2,1-3H3,(H2,17,18,19). The molecule has 1 aromatic rings. The van der Waals surface area contributed by atoms with Crippen molar-refractivity contribution < 1.29 is 4.74 Å². The molecule has 1 aliphatic rings. The van der Waals surface area contributed by atoms with Gasteiger partial charge in [0.1, 0.15) is 5.82 Å². The second kappa shape index (κ2) is 10.2. The number of ether oxygens (including phenoxy) is 1. The summed E-state index contributed by atoms with van der Waals surface area (Å²) in [5.74, 6) is 2.90. The molecule has 0 aromatic carbocycles. The van der Waals surface area contributed by atoms with Crippen molar-refractivity contribution in [2.45, 2.75) is 38.8 Å². The van der Waals surface area contributed by atoms with Crippen LogP contribution in [0, 0.1) is 0 Å². The SMILES string of the molecule is CN=C(NCCN(C)CCCOC)NCc1nnc2n1CCCC2. The van der Waals surface area contributed by atoms with Gasteiger partial charge in [0.25, 0.3) is 0 Å². The zero-order valence-electron chi connectivity index (χ0n) is 15.2. The Morgan fingerprint density at radius 1 is 1.29 bits per heavy atom. The van der Waals surface area contributed by atoms with Gasteiger partial charge in [-0.15, -0.1) is 10.2 Å². The first-order valence-corrected chi connectivity index (χ1v) is 8.77. The molecule has 0 bridgehead atoms. The minimum Gasteiger partial charge on any atom is -0.385 e. The predicted octanol–water partition coefficient (Wildman–Crippen LogP) is 0.248. The first-order chi connectivity index (χ1) is 11.7. The van der Waals surface area contributed by atoms with Crippen LogP contribution in [0.3, 0.4) is 0 Å². The number of nitrogens with one attached hydrogen (secondary N) is 2. The summed E-state index contributed by atoms with van der Waals surface area (Å²) < 4.78 is 7.30. The number of aliphatic imine (C=N–C) groups is 1. The van der Waals surface area contributed by atoms with Crippen molar-refractivity contribution in [3.05, 3.63) is 11.6 Å². The molecule has 0 radical (unpaired) electrons. The third-order valence-corrected chi connectivity index (χ3v) is 4.25. The number of likely N-dealkylation sites (N-methyl/N-ethyl adjacent to an activating group) is 1. The number of rotatable bonds is 9. The number of aryl methyl sites for hydroxylation is 1. The Balaban J connectivity index is 1.68. The lowest BCUT2D eigenvalue weighted by Crippen LogP contribution is -2.41. The quantitative estimate of drug-likeness (QED) is 0.382. The molecule has 0 saturated carbocycles. The van der Waals surface area contributed by atoms with Gasteiger partial charge in [-0.2, -0.15) is 0 Å². The molecule has 0 aliphatic carbocycles. The summed E-state index contributed by atoms with van der Waals surface area (Å²) in [5.41, 5.74) is 0. The van der Waals surface area contributed by atoms with E-state index in [1.165, 1.54) is 12.8 Å². The van der Waals surface area contributed by atoms with Crippen molar-refractivity contribution in [3.8, 4) is 0 Å². The summed E-state index contributed by atoms with van der Waals surface area (Å²) >= 11 is 0. The first kappa shape index (κ1) is 18.7. The van der Waals surface area contributed by atoms with Gasteiger partial charge in [0.2, 0.25) is 0 Å². The lowest BCUT2D eigenvalue weighted by Gasteiger charge is -2.18. The molecule has 0 unspecified atom stereocenters. The Labute approximate surface area is 144 Å². The predicted molar refractivity (Wildman–Crippen MR) is 95.2 cm³/mol. The van der Waals surface area contributed by atoms with Gasteiger partial charge < -0.3 is 24.8 Å². The van der Waals surface area contributed by atoms with Gasteiger partial charge >= 0.3 is 0 Å². The minimum atomic E-state index is 0.649. The van der Waals surface area contributed by atoms with E-state index in [9.17, 15) is 0 Å². The lowest BCUT2D eigenvalue weighted by atomic mass is 10.2. The lowest BCUT2D eigenvalue weighted by molar-refractivity contribution is 0.180. The molecule has 0 saturated heterocycles. The zero-order valence-corrected chi connectivity index (χ0v) is 15.2. The molecule has 2 rings (SSSR count). The summed E-state index contributed by atoms with van der Waals surface area (Å²) in [6.07, 6.45) is 4.51. The Morgan fingerprint density at radius 3 is 2.96 bits per heavy atom. The summed E-state index contributed by atoms with van der Waals surface area (Å²) in [6.45, 7) is 5.33. The molecule has 2 N–H and O–H groups in total. The van der Waals surface area contributed by atoms with E-state index in [1.807, 2.05) is 0 Å². The van der Waals surface area contributed by atoms with Gasteiger partial charge in [0, 0.05) is 53.4 Å². The maximum Gasteiger partial charge on any atom is 0.191 e. The second-order valence-corrected chi connectivity index (χ2v) is 6.14. The fourth-order valence-electron chi connectivity index (χ4n) is 2.84. The Kier molecular flexibility index (Phi) is 7.97. The summed E-state index contributed by atoms with van der Waals surface area (Å²) in [6, 6.07) is 0. The monoisotopic (exact) mass is 337 g/mol. The Hall–Kier alpha value is -1.67. The van der Waals surface area contributed by atoms with Crippen molar-refractivity contribution >= 4 is 5.96 Å². The van der Waals surface area contributed by atoms with E-state index in [-0.39, 0.29) is 0 Å². The van der Waals surface area contributed by atoms with E-state index in [0.717, 1.165) is 63.2 Å². The van der Waals surface area contributed by atoms with E-state index < -0.39 is 0 Å². The molecule has 0 amide bonds. The largest absolute Gasteiger partial charge is 0.385 e. The minimum absolute atomic E-state index is 0.649. The molecule has 0 fully saturated rings. The van der Waals surface area contributed by atoms with Crippen LogP contribution in [0.5, 0.6) is 0 Å². The number of hydrogen-bond acceptors (Lipinski definition) is 5. The molecule has 1 aromatic heterocycles. The van der Waals surface area contributed by atoms with Crippen LogP contribution in [-0.2, 0) is 24.2 Å². The molecule has 2 heterocycles. The maximum atomic E-state index is 5.07. The average molecular weight is 337 g/mol. The molecule has 8 nitrogen and oxygen atoms in total. The van der Waals surface area contributed by atoms with Crippen LogP contribution in [0.25, 0.3) is 0 Å². The average Bonchev–Trinajstić information content (AvgIpc) is 3.01. The molecule has 8 heteroatoms. The number of methoxy groups -OCH3 is 1. The summed E-state index contributed by atoms with van der Waals surface area (Å²) in [4.78, 5) is 6.56. The number of hydrogen-bond donors (Lipinski definition) is 2.